The molecule has 0 fully saturated rings. The summed E-state index contributed by atoms with van der Waals surface area (Å²) in [5.74, 6) is 0.905. The molecule has 0 aromatic heterocycles. The third kappa shape index (κ3) is 57.5. The third-order valence-electron chi connectivity index (χ3n) is 15.3. The van der Waals surface area contributed by atoms with Crippen LogP contribution in [0.3, 0.4) is 0 Å². The Morgan fingerprint density at radius 1 is 0.296 bits per heavy atom. The highest BCUT2D eigenvalue weighted by Crippen LogP contribution is 2.19. The van der Waals surface area contributed by atoms with Crippen LogP contribution in [0.4, 0.5) is 0 Å². The van der Waals surface area contributed by atoms with E-state index in [1.54, 1.807) is 0 Å². The maximum absolute atomic E-state index is 12.9. The molecule has 0 aliphatic heterocycles. The molecule has 1 unspecified atom stereocenters. The average molecular weight is 1000 g/mol. The molecule has 0 spiro atoms. The van der Waals surface area contributed by atoms with E-state index in [4.69, 9.17) is 14.2 Å². The summed E-state index contributed by atoms with van der Waals surface area (Å²) in [5.41, 5.74) is 0. The molecule has 0 aromatic carbocycles. The van der Waals surface area contributed by atoms with Gasteiger partial charge in [-0.2, -0.15) is 0 Å². The second-order valence-electron chi connectivity index (χ2n) is 23.1. The van der Waals surface area contributed by atoms with E-state index < -0.39 is 6.10 Å². The number of hydrogen-bond acceptors (Lipinski definition) is 6. The lowest BCUT2D eigenvalue weighted by Crippen LogP contribution is -2.30. The van der Waals surface area contributed by atoms with Crippen molar-refractivity contribution in [1.29, 1.82) is 0 Å². The third-order valence-corrected chi connectivity index (χ3v) is 15.3. The number of carbonyl (C=O) groups excluding carboxylic acids is 3. The topological polar surface area (TPSA) is 78.9 Å². The monoisotopic (exact) mass is 1000 g/mol. The molecule has 0 N–H and O–H groups in total. The van der Waals surface area contributed by atoms with Crippen LogP contribution in [-0.2, 0) is 28.6 Å². The minimum atomic E-state index is -0.764. The minimum Gasteiger partial charge on any atom is -0.462 e. The van der Waals surface area contributed by atoms with Crippen LogP contribution in [0.5, 0.6) is 0 Å². The summed E-state index contributed by atoms with van der Waals surface area (Å²) in [4.78, 5) is 38.3. The first-order valence-electron chi connectivity index (χ1n) is 32.3. The fourth-order valence-electron chi connectivity index (χ4n) is 10.1. The highest BCUT2D eigenvalue weighted by Gasteiger charge is 2.19. The molecular weight excluding hydrogens is 877 g/mol. The van der Waals surface area contributed by atoms with Gasteiger partial charge in [-0.3, -0.25) is 14.4 Å². The molecule has 0 saturated carbocycles. The largest absolute Gasteiger partial charge is 0.462 e. The van der Waals surface area contributed by atoms with Crippen LogP contribution in [0.1, 0.15) is 369 Å². The smallest absolute Gasteiger partial charge is 0.306 e. The van der Waals surface area contributed by atoms with Gasteiger partial charge < -0.3 is 14.2 Å². The van der Waals surface area contributed by atoms with Crippen molar-refractivity contribution in [3.63, 3.8) is 0 Å². The van der Waals surface area contributed by atoms with Crippen molar-refractivity contribution < 1.29 is 28.6 Å². The van der Waals surface area contributed by atoms with Crippen molar-refractivity contribution in [1.82, 2.24) is 0 Å². The van der Waals surface area contributed by atoms with E-state index in [2.05, 4.69) is 34.6 Å². The first-order valence-corrected chi connectivity index (χ1v) is 32.3. The number of hydrogen-bond donors (Lipinski definition) is 0. The highest BCUT2D eigenvalue weighted by molar-refractivity contribution is 5.71. The zero-order valence-electron chi connectivity index (χ0n) is 48.9. The zero-order chi connectivity index (χ0) is 51.8. The molecule has 0 aliphatic carbocycles. The van der Waals surface area contributed by atoms with Crippen LogP contribution in [0.2, 0.25) is 0 Å². The molecule has 2 atom stereocenters. The van der Waals surface area contributed by atoms with Crippen LogP contribution in [0.15, 0.2) is 0 Å². The van der Waals surface area contributed by atoms with Crippen LogP contribution >= 0.6 is 0 Å². The predicted molar refractivity (Wildman–Crippen MR) is 307 cm³/mol. The summed E-state index contributed by atoms with van der Waals surface area (Å²) in [6.07, 6.45) is 63.9. The lowest BCUT2D eigenvalue weighted by Gasteiger charge is -2.18. The van der Waals surface area contributed by atoms with Crippen LogP contribution < -0.4 is 0 Å². The minimum absolute atomic E-state index is 0.0619. The molecule has 0 aromatic rings. The van der Waals surface area contributed by atoms with Gasteiger partial charge in [0.25, 0.3) is 0 Å². The first-order chi connectivity index (χ1) is 34.8. The lowest BCUT2D eigenvalue weighted by molar-refractivity contribution is -0.167. The van der Waals surface area contributed by atoms with Gasteiger partial charge in [0, 0.05) is 19.3 Å². The molecule has 71 heavy (non-hydrogen) atoms. The quantitative estimate of drug-likeness (QED) is 0.0343. The van der Waals surface area contributed by atoms with E-state index in [0.29, 0.717) is 19.3 Å². The van der Waals surface area contributed by atoms with Gasteiger partial charge in [0.2, 0.25) is 0 Å². The highest BCUT2D eigenvalue weighted by atomic mass is 16.6. The summed E-state index contributed by atoms with van der Waals surface area (Å²) in [6, 6.07) is 0. The van der Waals surface area contributed by atoms with Crippen molar-refractivity contribution in [3.05, 3.63) is 0 Å². The fraction of sp³-hybridized carbons (Fsp3) is 0.954. The van der Waals surface area contributed by atoms with Crippen molar-refractivity contribution >= 4 is 17.9 Å². The maximum Gasteiger partial charge on any atom is 0.306 e. The lowest BCUT2D eigenvalue weighted by atomic mass is 9.99. The Bertz CT molecular complexity index is 1090. The normalized spacial score (nSPS) is 12.4. The Morgan fingerprint density at radius 2 is 0.535 bits per heavy atom. The number of esters is 3. The van der Waals surface area contributed by atoms with Crippen molar-refractivity contribution in [3.8, 4) is 0 Å². The van der Waals surface area contributed by atoms with Crippen molar-refractivity contribution in [2.45, 2.75) is 375 Å². The van der Waals surface area contributed by atoms with Crippen LogP contribution in [0.25, 0.3) is 0 Å². The summed E-state index contributed by atoms with van der Waals surface area (Å²) in [5, 5.41) is 0. The summed E-state index contributed by atoms with van der Waals surface area (Å²) >= 11 is 0. The van der Waals surface area contributed by atoms with Gasteiger partial charge in [-0.1, -0.05) is 330 Å². The number of carbonyl (C=O) groups is 3. The van der Waals surface area contributed by atoms with Gasteiger partial charge in [0.1, 0.15) is 13.2 Å². The SMILES string of the molecule is CCCCCCCCCCCCCCCCCCCC(=O)O[C@@H](COC(=O)CCCCCCCCCCCCCCCCCCCCC(C)CC)COC(=O)CCCCCCCCCCCCCC(C)C. The molecule has 0 rings (SSSR count). The maximum atomic E-state index is 12.9. The van der Waals surface area contributed by atoms with Gasteiger partial charge in [-0.15, -0.1) is 0 Å². The Balaban J connectivity index is 4.25. The van der Waals surface area contributed by atoms with Gasteiger partial charge >= 0.3 is 17.9 Å². The van der Waals surface area contributed by atoms with E-state index in [1.807, 2.05) is 0 Å². The van der Waals surface area contributed by atoms with E-state index in [0.717, 1.165) is 69.6 Å². The number of unbranched alkanes of at least 4 members (excludes halogenated alkanes) is 43. The van der Waals surface area contributed by atoms with Gasteiger partial charge in [0.05, 0.1) is 0 Å². The molecule has 0 radical (unpaired) electrons. The Kier molecular flexibility index (Phi) is 56.4. The second kappa shape index (κ2) is 57.7. The van der Waals surface area contributed by atoms with Gasteiger partial charge in [-0.05, 0) is 31.1 Å². The Morgan fingerprint density at radius 3 is 0.803 bits per heavy atom. The molecule has 0 bridgehead atoms. The fourth-order valence-corrected chi connectivity index (χ4v) is 10.1. The summed E-state index contributed by atoms with van der Waals surface area (Å²) in [7, 11) is 0. The predicted octanol–water partition coefficient (Wildman–Crippen LogP) is 21.6. The Labute approximate surface area is 444 Å². The molecule has 0 heterocycles. The average Bonchev–Trinajstić information content (AvgIpc) is 3.36. The standard InChI is InChI=1S/C65H126O6/c1-6-8-9-10-11-12-13-14-15-18-23-26-31-37-42-47-52-57-65(68)71-62(59-70-64(67)56-51-46-41-36-32-27-28-33-38-43-48-53-60(3)4)58-69-63(66)55-50-45-40-35-30-25-22-20-17-16-19-21-24-29-34-39-44-49-54-61(5)7-2/h60-62H,6-59H2,1-5H3/t61?,62-/m0/s1. The van der Waals surface area contributed by atoms with Crippen LogP contribution in [0, 0.1) is 11.8 Å². The summed E-state index contributed by atoms with van der Waals surface area (Å²) < 4.78 is 17.0. The molecule has 0 aliphatic rings. The molecule has 6 heteroatoms. The molecule has 0 amide bonds. The van der Waals surface area contributed by atoms with E-state index in [1.165, 1.54) is 257 Å². The number of rotatable bonds is 59. The number of ether oxygens (including phenoxy) is 3. The van der Waals surface area contributed by atoms with Crippen molar-refractivity contribution in [2.75, 3.05) is 13.2 Å². The molecule has 6 nitrogen and oxygen atoms in total. The molecule has 422 valence electrons. The van der Waals surface area contributed by atoms with Gasteiger partial charge in [0.15, 0.2) is 6.10 Å². The second-order valence-corrected chi connectivity index (χ2v) is 23.1. The van der Waals surface area contributed by atoms with Crippen LogP contribution in [-0.4, -0.2) is 37.2 Å². The van der Waals surface area contributed by atoms with E-state index >= 15 is 0 Å². The summed E-state index contributed by atoms with van der Waals surface area (Å²) in [6.45, 7) is 11.5. The van der Waals surface area contributed by atoms with E-state index in [9.17, 15) is 14.4 Å². The first kappa shape index (κ1) is 69.4. The molecule has 0 saturated heterocycles. The van der Waals surface area contributed by atoms with E-state index in [-0.39, 0.29) is 31.1 Å². The molecular formula is C65H126O6. The zero-order valence-corrected chi connectivity index (χ0v) is 48.9. The Hall–Kier alpha value is -1.59. The van der Waals surface area contributed by atoms with Gasteiger partial charge in [-0.25, -0.2) is 0 Å². The van der Waals surface area contributed by atoms with Crippen molar-refractivity contribution in [2.24, 2.45) is 11.8 Å².